The van der Waals surface area contributed by atoms with E-state index in [-0.39, 0.29) is 11.9 Å². The summed E-state index contributed by atoms with van der Waals surface area (Å²) < 4.78 is 24.6. The van der Waals surface area contributed by atoms with E-state index in [0.29, 0.717) is 23.8 Å². The Morgan fingerprint density at radius 1 is 1.30 bits per heavy atom. The zero-order chi connectivity index (χ0) is 15.0. The molecule has 2 unspecified atom stereocenters. The molecule has 2 atom stereocenters. The van der Waals surface area contributed by atoms with E-state index in [4.69, 9.17) is 9.47 Å². The molecule has 1 rings (SSSR count). The van der Waals surface area contributed by atoms with Crippen LogP contribution < -0.4 is 10.1 Å². The first-order valence-corrected chi connectivity index (χ1v) is 7.18. The lowest BCUT2D eigenvalue weighted by Gasteiger charge is -2.23. The van der Waals surface area contributed by atoms with Crippen molar-refractivity contribution >= 4 is 0 Å². The van der Waals surface area contributed by atoms with E-state index in [2.05, 4.69) is 19.2 Å². The molecule has 4 heteroatoms. The number of ether oxygens (including phenoxy) is 2. The molecule has 1 N–H and O–H groups in total. The Hall–Kier alpha value is -1.13. The minimum atomic E-state index is -0.270. The number of hydrogen-bond donors (Lipinski definition) is 1. The summed E-state index contributed by atoms with van der Waals surface area (Å²) in [7, 11) is 3.18. The third-order valence-electron chi connectivity index (χ3n) is 3.32. The number of methoxy groups -OCH3 is 2. The van der Waals surface area contributed by atoms with E-state index in [1.165, 1.54) is 7.11 Å². The summed E-state index contributed by atoms with van der Waals surface area (Å²) in [5, 5.41) is 3.42. The standard InChI is InChI=1S/C16H26FNO2/c1-5-9-18-14(10-12(2)11-19-3)13-7-6-8-15(20-4)16(13)17/h6-8,12,14,18H,5,9-11H2,1-4H3. The van der Waals surface area contributed by atoms with Crippen LogP contribution in [0.5, 0.6) is 5.75 Å². The Morgan fingerprint density at radius 3 is 2.65 bits per heavy atom. The molecule has 0 heterocycles. The minimum Gasteiger partial charge on any atom is -0.494 e. The van der Waals surface area contributed by atoms with Gasteiger partial charge in [0, 0.05) is 25.3 Å². The molecule has 0 spiro atoms. The highest BCUT2D eigenvalue weighted by molar-refractivity contribution is 5.33. The van der Waals surface area contributed by atoms with Crippen molar-refractivity contribution in [2.75, 3.05) is 27.4 Å². The maximum Gasteiger partial charge on any atom is 0.169 e. The second kappa shape index (κ2) is 8.93. The van der Waals surface area contributed by atoms with Crippen LogP contribution in [0.25, 0.3) is 0 Å². The van der Waals surface area contributed by atoms with E-state index in [0.717, 1.165) is 19.4 Å². The summed E-state index contributed by atoms with van der Waals surface area (Å²) in [5.74, 6) is 0.387. The average molecular weight is 283 g/mol. The van der Waals surface area contributed by atoms with Gasteiger partial charge >= 0.3 is 0 Å². The first-order chi connectivity index (χ1) is 9.63. The third kappa shape index (κ3) is 4.76. The number of benzene rings is 1. The van der Waals surface area contributed by atoms with Crippen molar-refractivity contribution in [3.63, 3.8) is 0 Å². The smallest absolute Gasteiger partial charge is 0.169 e. The van der Waals surface area contributed by atoms with Crippen molar-refractivity contribution in [1.29, 1.82) is 0 Å². The van der Waals surface area contributed by atoms with Gasteiger partial charge in [-0.05, 0) is 31.4 Å². The summed E-state index contributed by atoms with van der Waals surface area (Å²) in [6.45, 7) is 5.75. The van der Waals surface area contributed by atoms with Gasteiger partial charge in [0.2, 0.25) is 0 Å². The van der Waals surface area contributed by atoms with E-state index in [1.54, 1.807) is 13.2 Å². The quantitative estimate of drug-likeness (QED) is 0.752. The van der Waals surface area contributed by atoms with Crippen LogP contribution >= 0.6 is 0 Å². The minimum absolute atomic E-state index is 0.0183. The van der Waals surface area contributed by atoms with Crippen LogP contribution in [-0.4, -0.2) is 27.4 Å². The molecule has 1 aromatic rings. The first-order valence-electron chi connectivity index (χ1n) is 7.18. The van der Waals surface area contributed by atoms with Crippen LogP contribution in [-0.2, 0) is 4.74 Å². The molecule has 0 aliphatic rings. The highest BCUT2D eigenvalue weighted by Crippen LogP contribution is 2.29. The van der Waals surface area contributed by atoms with Crippen molar-refractivity contribution in [2.45, 2.75) is 32.7 Å². The fraction of sp³-hybridized carbons (Fsp3) is 0.625. The summed E-state index contributed by atoms with van der Waals surface area (Å²) >= 11 is 0. The predicted octanol–water partition coefficient (Wildman–Crippen LogP) is 3.55. The van der Waals surface area contributed by atoms with Gasteiger partial charge in [0.1, 0.15) is 0 Å². The molecule has 0 radical (unpaired) electrons. The molecule has 0 saturated carbocycles. The van der Waals surface area contributed by atoms with Crippen molar-refractivity contribution in [3.05, 3.63) is 29.6 Å². The van der Waals surface area contributed by atoms with Crippen LogP contribution in [0, 0.1) is 11.7 Å². The van der Waals surface area contributed by atoms with Gasteiger partial charge < -0.3 is 14.8 Å². The van der Waals surface area contributed by atoms with E-state index >= 15 is 0 Å². The monoisotopic (exact) mass is 283 g/mol. The first kappa shape index (κ1) is 16.9. The van der Waals surface area contributed by atoms with E-state index < -0.39 is 0 Å². The molecule has 20 heavy (non-hydrogen) atoms. The maximum atomic E-state index is 14.4. The zero-order valence-electron chi connectivity index (χ0n) is 12.9. The number of halogens is 1. The van der Waals surface area contributed by atoms with Gasteiger partial charge in [-0.1, -0.05) is 26.0 Å². The second-order valence-corrected chi connectivity index (χ2v) is 5.17. The van der Waals surface area contributed by atoms with Crippen LogP contribution in [0.15, 0.2) is 18.2 Å². The van der Waals surface area contributed by atoms with Crippen LogP contribution in [0.4, 0.5) is 4.39 Å². The molecular weight excluding hydrogens is 257 g/mol. The Kier molecular flexibility index (Phi) is 7.55. The highest BCUT2D eigenvalue weighted by Gasteiger charge is 2.20. The summed E-state index contributed by atoms with van der Waals surface area (Å²) in [6.07, 6.45) is 1.85. The molecule has 0 amide bonds. The summed E-state index contributed by atoms with van der Waals surface area (Å²) in [6, 6.07) is 5.29. The third-order valence-corrected chi connectivity index (χ3v) is 3.32. The lowest BCUT2D eigenvalue weighted by Crippen LogP contribution is -2.26. The SMILES string of the molecule is CCCNC(CC(C)COC)c1cccc(OC)c1F. The van der Waals surface area contributed by atoms with Crippen molar-refractivity contribution in [3.8, 4) is 5.75 Å². The molecule has 1 aromatic carbocycles. The Labute approximate surface area is 121 Å². The van der Waals surface area contributed by atoms with Gasteiger partial charge in [0.25, 0.3) is 0 Å². The zero-order valence-corrected chi connectivity index (χ0v) is 12.9. The molecule has 0 saturated heterocycles. The molecular formula is C16H26FNO2. The van der Waals surface area contributed by atoms with E-state index in [1.807, 2.05) is 12.1 Å². The normalized spacial score (nSPS) is 14.1. The Morgan fingerprint density at radius 2 is 2.05 bits per heavy atom. The fourth-order valence-electron chi connectivity index (χ4n) is 2.35. The lowest BCUT2D eigenvalue weighted by molar-refractivity contribution is 0.149. The predicted molar refractivity (Wildman–Crippen MR) is 79.6 cm³/mol. The lowest BCUT2D eigenvalue weighted by atomic mass is 9.95. The average Bonchev–Trinajstić information content (AvgIpc) is 2.44. The molecule has 114 valence electrons. The van der Waals surface area contributed by atoms with Gasteiger partial charge in [-0.15, -0.1) is 0 Å². The molecule has 3 nitrogen and oxygen atoms in total. The molecule has 0 aromatic heterocycles. The van der Waals surface area contributed by atoms with Gasteiger partial charge in [-0.2, -0.15) is 0 Å². The van der Waals surface area contributed by atoms with Gasteiger partial charge in [0.05, 0.1) is 7.11 Å². The summed E-state index contributed by atoms with van der Waals surface area (Å²) in [5.41, 5.74) is 0.667. The van der Waals surface area contributed by atoms with Crippen LogP contribution in [0.3, 0.4) is 0 Å². The summed E-state index contributed by atoms with van der Waals surface area (Å²) in [4.78, 5) is 0. The van der Waals surface area contributed by atoms with Gasteiger partial charge in [-0.3, -0.25) is 0 Å². The molecule has 0 aliphatic heterocycles. The maximum absolute atomic E-state index is 14.4. The topological polar surface area (TPSA) is 30.5 Å². The van der Waals surface area contributed by atoms with Gasteiger partial charge in [-0.25, -0.2) is 4.39 Å². The number of hydrogen-bond acceptors (Lipinski definition) is 3. The van der Waals surface area contributed by atoms with Crippen molar-refractivity contribution in [2.24, 2.45) is 5.92 Å². The molecule has 0 fully saturated rings. The number of rotatable bonds is 9. The second-order valence-electron chi connectivity index (χ2n) is 5.17. The van der Waals surface area contributed by atoms with Crippen molar-refractivity contribution in [1.82, 2.24) is 5.32 Å². The fourth-order valence-corrected chi connectivity index (χ4v) is 2.35. The Bertz CT molecular complexity index is 398. The van der Waals surface area contributed by atoms with Crippen LogP contribution in [0.1, 0.15) is 38.3 Å². The number of nitrogens with one attached hydrogen (secondary N) is 1. The molecule has 0 aliphatic carbocycles. The molecule has 0 bridgehead atoms. The largest absolute Gasteiger partial charge is 0.494 e. The highest BCUT2D eigenvalue weighted by atomic mass is 19.1. The van der Waals surface area contributed by atoms with Gasteiger partial charge in [0.15, 0.2) is 11.6 Å². The van der Waals surface area contributed by atoms with E-state index in [9.17, 15) is 4.39 Å². The van der Waals surface area contributed by atoms with Crippen LogP contribution in [0.2, 0.25) is 0 Å². The van der Waals surface area contributed by atoms with Crippen molar-refractivity contribution < 1.29 is 13.9 Å². The Balaban J connectivity index is 2.91.